The number of piperazine rings is 1. The molecule has 0 saturated carbocycles. The Labute approximate surface area is 119 Å². The summed E-state index contributed by atoms with van der Waals surface area (Å²) < 4.78 is 26.7. The predicted molar refractivity (Wildman–Crippen MR) is 77.0 cm³/mol. The molecule has 0 aromatic heterocycles. The highest BCUT2D eigenvalue weighted by Crippen LogP contribution is 2.22. The molecule has 1 aliphatic rings. The molecule has 0 spiro atoms. The first-order valence-electron chi connectivity index (χ1n) is 6.51. The molecule has 1 heterocycles. The van der Waals surface area contributed by atoms with Crippen molar-refractivity contribution in [3.63, 3.8) is 0 Å². The molecule has 1 amide bonds. The summed E-state index contributed by atoms with van der Waals surface area (Å²) in [6, 6.07) is 6.26. The Morgan fingerprint density at radius 3 is 2.85 bits per heavy atom. The number of hydrogen-bond donors (Lipinski definition) is 2. The second-order valence-corrected chi connectivity index (χ2v) is 6.77. The zero-order chi connectivity index (χ0) is 14.8. The number of hydrogen-bond acceptors (Lipinski definition) is 4. The van der Waals surface area contributed by atoms with E-state index in [4.69, 9.17) is 0 Å². The molecule has 0 aliphatic carbocycles. The monoisotopic (exact) mass is 297 g/mol. The van der Waals surface area contributed by atoms with Gasteiger partial charge < -0.3 is 10.6 Å². The van der Waals surface area contributed by atoms with E-state index in [1.165, 1.54) is 17.3 Å². The number of sulfonamides is 1. The Morgan fingerprint density at radius 1 is 1.45 bits per heavy atom. The zero-order valence-electron chi connectivity index (χ0n) is 11.6. The van der Waals surface area contributed by atoms with Gasteiger partial charge in [-0.05, 0) is 25.1 Å². The number of amides is 1. The molecule has 0 bridgehead atoms. The van der Waals surface area contributed by atoms with Gasteiger partial charge in [-0.2, -0.15) is 4.31 Å². The van der Waals surface area contributed by atoms with Gasteiger partial charge in [-0.3, -0.25) is 4.79 Å². The van der Waals surface area contributed by atoms with Crippen molar-refractivity contribution in [3.05, 3.63) is 24.3 Å². The van der Waals surface area contributed by atoms with E-state index in [9.17, 15) is 13.2 Å². The van der Waals surface area contributed by atoms with Gasteiger partial charge in [0.2, 0.25) is 15.9 Å². The van der Waals surface area contributed by atoms with Gasteiger partial charge in [0.05, 0.1) is 4.90 Å². The Hall–Kier alpha value is -1.44. The molecule has 1 aliphatic heterocycles. The van der Waals surface area contributed by atoms with Crippen LogP contribution in [0, 0.1) is 0 Å². The zero-order valence-corrected chi connectivity index (χ0v) is 12.4. The van der Waals surface area contributed by atoms with Gasteiger partial charge in [0.15, 0.2) is 0 Å². The number of anilines is 1. The largest absolute Gasteiger partial charge is 0.326 e. The number of nitrogens with zero attached hydrogens (tertiary/aromatic N) is 1. The van der Waals surface area contributed by atoms with Crippen LogP contribution in [0.15, 0.2) is 29.2 Å². The van der Waals surface area contributed by atoms with Crippen molar-refractivity contribution in [1.82, 2.24) is 9.62 Å². The van der Waals surface area contributed by atoms with E-state index in [2.05, 4.69) is 10.6 Å². The molecule has 1 saturated heterocycles. The van der Waals surface area contributed by atoms with E-state index < -0.39 is 10.0 Å². The van der Waals surface area contributed by atoms with Gasteiger partial charge in [0.1, 0.15) is 0 Å². The van der Waals surface area contributed by atoms with E-state index in [1.54, 1.807) is 18.2 Å². The summed E-state index contributed by atoms with van der Waals surface area (Å²) in [5, 5.41) is 5.76. The molecule has 2 N–H and O–H groups in total. The third-order valence-electron chi connectivity index (χ3n) is 3.20. The minimum absolute atomic E-state index is 0.0850. The number of carbonyl (C=O) groups is 1. The van der Waals surface area contributed by atoms with Crippen LogP contribution in [-0.2, 0) is 14.8 Å². The fourth-order valence-corrected chi connectivity index (χ4v) is 3.93. The first-order valence-corrected chi connectivity index (χ1v) is 7.95. The van der Waals surface area contributed by atoms with E-state index in [0.29, 0.717) is 25.3 Å². The molecule has 7 heteroatoms. The number of carbonyl (C=O) groups excluding carboxylic acids is 1. The van der Waals surface area contributed by atoms with Crippen LogP contribution in [-0.4, -0.2) is 44.3 Å². The SMILES string of the molecule is CC(=O)Nc1cccc(S(=O)(=O)N2CCNCC2C)c1. The highest BCUT2D eigenvalue weighted by Gasteiger charge is 2.30. The van der Waals surface area contributed by atoms with Gasteiger partial charge >= 0.3 is 0 Å². The maximum atomic E-state index is 12.6. The summed E-state index contributed by atoms with van der Waals surface area (Å²) in [5.41, 5.74) is 0.487. The minimum Gasteiger partial charge on any atom is -0.326 e. The maximum Gasteiger partial charge on any atom is 0.243 e. The van der Waals surface area contributed by atoms with Crippen LogP contribution in [0.1, 0.15) is 13.8 Å². The van der Waals surface area contributed by atoms with Crippen LogP contribution < -0.4 is 10.6 Å². The first kappa shape index (κ1) is 15.0. The van der Waals surface area contributed by atoms with E-state index in [0.717, 1.165) is 0 Å². The molecule has 1 aromatic carbocycles. The van der Waals surface area contributed by atoms with Crippen LogP contribution >= 0.6 is 0 Å². The summed E-state index contributed by atoms with van der Waals surface area (Å²) in [4.78, 5) is 11.3. The third-order valence-corrected chi connectivity index (χ3v) is 5.21. The average molecular weight is 297 g/mol. The normalized spacial score (nSPS) is 20.6. The standard InChI is InChI=1S/C13H19N3O3S/c1-10-9-14-6-7-16(10)20(18,19)13-5-3-4-12(8-13)15-11(2)17/h3-5,8,10,14H,6-7,9H2,1-2H3,(H,15,17). The van der Waals surface area contributed by atoms with Gasteiger partial charge in [-0.1, -0.05) is 6.07 Å². The molecule has 6 nitrogen and oxygen atoms in total. The second-order valence-electron chi connectivity index (χ2n) is 4.88. The number of rotatable bonds is 3. The van der Waals surface area contributed by atoms with E-state index in [1.807, 2.05) is 6.92 Å². The van der Waals surface area contributed by atoms with Gasteiger partial charge in [0.25, 0.3) is 0 Å². The van der Waals surface area contributed by atoms with Crippen LogP contribution in [0.5, 0.6) is 0 Å². The fourth-order valence-electron chi connectivity index (χ4n) is 2.25. The van der Waals surface area contributed by atoms with Crippen LogP contribution in [0.25, 0.3) is 0 Å². The van der Waals surface area contributed by atoms with Crippen LogP contribution in [0.2, 0.25) is 0 Å². The lowest BCUT2D eigenvalue weighted by Gasteiger charge is -2.32. The topological polar surface area (TPSA) is 78.5 Å². The van der Waals surface area contributed by atoms with Crippen LogP contribution in [0.3, 0.4) is 0 Å². The Bertz CT molecular complexity index is 601. The van der Waals surface area contributed by atoms with Crippen molar-refractivity contribution in [2.75, 3.05) is 25.0 Å². The summed E-state index contributed by atoms with van der Waals surface area (Å²) in [5.74, 6) is -0.227. The van der Waals surface area contributed by atoms with Crippen molar-refractivity contribution in [2.24, 2.45) is 0 Å². The van der Waals surface area contributed by atoms with Gasteiger partial charge in [-0.15, -0.1) is 0 Å². The predicted octanol–water partition coefficient (Wildman–Crippen LogP) is 0.627. The number of nitrogens with one attached hydrogen (secondary N) is 2. The molecular formula is C13H19N3O3S. The van der Waals surface area contributed by atoms with Crippen molar-refractivity contribution >= 4 is 21.6 Å². The summed E-state index contributed by atoms with van der Waals surface area (Å²) in [6.45, 7) is 5.01. The van der Waals surface area contributed by atoms with Crippen LogP contribution in [0.4, 0.5) is 5.69 Å². The summed E-state index contributed by atoms with van der Waals surface area (Å²) >= 11 is 0. The molecule has 1 aromatic rings. The molecule has 2 rings (SSSR count). The second kappa shape index (κ2) is 5.90. The summed E-state index contributed by atoms with van der Waals surface area (Å²) in [6.07, 6.45) is 0. The smallest absolute Gasteiger partial charge is 0.243 e. The third kappa shape index (κ3) is 3.17. The Kier molecular flexibility index (Phi) is 4.42. The lowest BCUT2D eigenvalue weighted by molar-refractivity contribution is -0.114. The lowest BCUT2D eigenvalue weighted by Crippen LogP contribution is -2.52. The molecule has 1 atom stereocenters. The van der Waals surface area contributed by atoms with E-state index >= 15 is 0 Å². The summed E-state index contributed by atoms with van der Waals surface area (Å²) in [7, 11) is -3.53. The Morgan fingerprint density at radius 2 is 2.20 bits per heavy atom. The van der Waals surface area contributed by atoms with Gasteiger partial charge in [-0.25, -0.2) is 8.42 Å². The lowest BCUT2D eigenvalue weighted by atomic mass is 10.3. The van der Waals surface area contributed by atoms with Gasteiger partial charge in [0, 0.05) is 38.3 Å². The van der Waals surface area contributed by atoms with Crippen molar-refractivity contribution in [1.29, 1.82) is 0 Å². The van der Waals surface area contributed by atoms with Crippen molar-refractivity contribution in [2.45, 2.75) is 24.8 Å². The molecule has 1 unspecified atom stereocenters. The quantitative estimate of drug-likeness (QED) is 0.857. The maximum absolute atomic E-state index is 12.6. The van der Waals surface area contributed by atoms with Crippen molar-refractivity contribution in [3.8, 4) is 0 Å². The van der Waals surface area contributed by atoms with Crippen molar-refractivity contribution < 1.29 is 13.2 Å². The molecule has 1 fully saturated rings. The number of benzene rings is 1. The molecule has 110 valence electrons. The van der Waals surface area contributed by atoms with E-state index in [-0.39, 0.29) is 16.8 Å². The minimum atomic E-state index is -3.53. The first-order chi connectivity index (χ1) is 9.41. The molecular weight excluding hydrogens is 278 g/mol. The average Bonchev–Trinajstić information content (AvgIpc) is 2.38. The highest BCUT2D eigenvalue weighted by atomic mass is 32.2. The fraction of sp³-hybridized carbons (Fsp3) is 0.462. The molecule has 0 radical (unpaired) electrons. The molecule has 20 heavy (non-hydrogen) atoms. The highest BCUT2D eigenvalue weighted by molar-refractivity contribution is 7.89. The Balaban J connectivity index is 2.31.